The van der Waals surface area contributed by atoms with E-state index in [1.165, 1.54) is 0 Å². The summed E-state index contributed by atoms with van der Waals surface area (Å²) >= 11 is 0. The summed E-state index contributed by atoms with van der Waals surface area (Å²) in [6, 6.07) is 12.6. The van der Waals surface area contributed by atoms with Gasteiger partial charge in [0.25, 0.3) is 0 Å². The van der Waals surface area contributed by atoms with E-state index in [1.807, 2.05) is 36.4 Å². The first kappa shape index (κ1) is 11.9. The smallest absolute Gasteiger partial charge is 0.323 e. The largest absolute Gasteiger partial charge is 0.480 e. The number of urea groups is 1. The third kappa shape index (κ3) is 2.76. The highest BCUT2D eigenvalue weighted by Crippen LogP contribution is 2.22. The number of anilines is 1. The lowest BCUT2D eigenvalue weighted by atomic mass is 10.1. The summed E-state index contributed by atoms with van der Waals surface area (Å²) in [5.74, 6) is -1.08. The molecule has 0 aromatic heterocycles. The number of benzene rings is 2. The second-order valence-corrected chi connectivity index (χ2v) is 3.73. The number of nitrogens with one attached hydrogen (secondary N) is 2. The van der Waals surface area contributed by atoms with Crippen LogP contribution in [0.3, 0.4) is 0 Å². The van der Waals surface area contributed by atoms with E-state index in [1.54, 1.807) is 6.07 Å². The maximum absolute atomic E-state index is 11.5. The minimum Gasteiger partial charge on any atom is -0.480 e. The molecule has 0 atom stereocenters. The normalized spacial score (nSPS) is 10.0. The molecule has 0 fully saturated rings. The SMILES string of the molecule is O=C(O)CNC(=O)Nc1cccc2ccccc12. The zero-order chi connectivity index (χ0) is 13.0. The van der Waals surface area contributed by atoms with E-state index in [0.29, 0.717) is 5.69 Å². The van der Waals surface area contributed by atoms with Crippen molar-refractivity contribution in [1.82, 2.24) is 5.32 Å². The molecule has 0 bridgehead atoms. The molecule has 92 valence electrons. The number of hydrogen-bond acceptors (Lipinski definition) is 2. The summed E-state index contributed by atoms with van der Waals surface area (Å²) < 4.78 is 0. The number of amides is 2. The lowest BCUT2D eigenvalue weighted by Gasteiger charge is -2.08. The van der Waals surface area contributed by atoms with Crippen LogP contribution in [0.15, 0.2) is 42.5 Å². The molecule has 0 unspecified atom stereocenters. The molecule has 0 aliphatic heterocycles. The zero-order valence-corrected chi connectivity index (χ0v) is 9.51. The van der Waals surface area contributed by atoms with Gasteiger partial charge in [0.1, 0.15) is 6.54 Å². The van der Waals surface area contributed by atoms with Crippen molar-refractivity contribution in [2.24, 2.45) is 0 Å². The lowest BCUT2D eigenvalue weighted by molar-refractivity contribution is -0.135. The first-order chi connectivity index (χ1) is 8.66. The fraction of sp³-hybridized carbons (Fsp3) is 0.0769. The van der Waals surface area contributed by atoms with Gasteiger partial charge in [0.2, 0.25) is 0 Å². The molecule has 0 spiro atoms. The summed E-state index contributed by atoms with van der Waals surface area (Å²) in [7, 11) is 0. The second-order valence-electron chi connectivity index (χ2n) is 3.73. The van der Waals surface area contributed by atoms with Gasteiger partial charge in [-0.3, -0.25) is 4.79 Å². The average molecular weight is 244 g/mol. The van der Waals surface area contributed by atoms with Gasteiger partial charge in [0.15, 0.2) is 0 Å². The average Bonchev–Trinajstić information content (AvgIpc) is 2.37. The number of rotatable bonds is 3. The van der Waals surface area contributed by atoms with Gasteiger partial charge < -0.3 is 15.7 Å². The molecule has 18 heavy (non-hydrogen) atoms. The predicted molar refractivity (Wildman–Crippen MR) is 68.6 cm³/mol. The first-order valence-corrected chi connectivity index (χ1v) is 5.41. The summed E-state index contributed by atoms with van der Waals surface area (Å²) in [6.07, 6.45) is 0. The Bertz CT molecular complexity index is 590. The van der Waals surface area contributed by atoms with E-state index in [4.69, 9.17) is 5.11 Å². The van der Waals surface area contributed by atoms with E-state index in [-0.39, 0.29) is 0 Å². The molecule has 0 saturated carbocycles. The summed E-state index contributed by atoms with van der Waals surface area (Å²) in [6.45, 7) is -0.406. The molecule has 2 rings (SSSR count). The van der Waals surface area contributed by atoms with E-state index >= 15 is 0 Å². The standard InChI is InChI=1S/C13H12N2O3/c16-12(17)8-14-13(18)15-11-7-3-5-9-4-1-2-6-10(9)11/h1-7H,8H2,(H,16,17)(H2,14,15,18). The highest BCUT2D eigenvalue weighted by Gasteiger charge is 2.06. The van der Waals surface area contributed by atoms with Crippen molar-refractivity contribution >= 4 is 28.5 Å². The quantitative estimate of drug-likeness (QED) is 0.773. The zero-order valence-electron chi connectivity index (χ0n) is 9.51. The van der Waals surface area contributed by atoms with Crippen molar-refractivity contribution in [3.05, 3.63) is 42.5 Å². The van der Waals surface area contributed by atoms with Crippen LogP contribution in [-0.4, -0.2) is 23.7 Å². The van der Waals surface area contributed by atoms with Crippen LogP contribution >= 0.6 is 0 Å². The molecule has 2 aromatic rings. The van der Waals surface area contributed by atoms with E-state index in [2.05, 4.69) is 10.6 Å². The first-order valence-electron chi connectivity index (χ1n) is 5.41. The Kier molecular flexibility index (Phi) is 3.43. The fourth-order valence-electron chi connectivity index (χ4n) is 1.66. The highest BCUT2D eigenvalue weighted by molar-refractivity contribution is 6.01. The van der Waals surface area contributed by atoms with Crippen molar-refractivity contribution in [3.63, 3.8) is 0 Å². The Labute approximate surface area is 103 Å². The third-order valence-corrected chi connectivity index (χ3v) is 2.44. The summed E-state index contributed by atoms with van der Waals surface area (Å²) in [4.78, 5) is 21.8. The Hall–Kier alpha value is -2.56. The molecule has 5 heteroatoms. The number of fused-ring (bicyclic) bond motifs is 1. The van der Waals surface area contributed by atoms with Gasteiger partial charge in [-0.1, -0.05) is 36.4 Å². The Morgan fingerprint density at radius 1 is 1.06 bits per heavy atom. The Balaban J connectivity index is 2.16. The van der Waals surface area contributed by atoms with Gasteiger partial charge in [0, 0.05) is 5.39 Å². The van der Waals surface area contributed by atoms with Crippen LogP contribution in [-0.2, 0) is 4.79 Å². The summed E-state index contributed by atoms with van der Waals surface area (Å²) in [5, 5.41) is 15.2. The van der Waals surface area contributed by atoms with Crippen molar-refractivity contribution < 1.29 is 14.7 Å². The second kappa shape index (κ2) is 5.18. The van der Waals surface area contributed by atoms with Gasteiger partial charge >= 0.3 is 12.0 Å². The number of carbonyl (C=O) groups excluding carboxylic acids is 1. The molecule has 0 aliphatic rings. The Morgan fingerprint density at radius 3 is 2.56 bits per heavy atom. The summed E-state index contributed by atoms with van der Waals surface area (Å²) in [5.41, 5.74) is 0.649. The minimum absolute atomic E-state index is 0.406. The van der Waals surface area contributed by atoms with Crippen molar-refractivity contribution in [2.45, 2.75) is 0 Å². The van der Waals surface area contributed by atoms with E-state index in [0.717, 1.165) is 10.8 Å². The van der Waals surface area contributed by atoms with Crippen molar-refractivity contribution in [2.75, 3.05) is 11.9 Å². The van der Waals surface area contributed by atoms with Crippen molar-refractivity contribution in [1.29, 1.82) is 0 Å². The molecule has 0 saturated heterocycles. The molecule has 0 heterocycles. The number of hydrogen-bond donors (Lipinski definition) is 3. The van der Waals surface area contributed by atoms with E-state index < -0.39 is 18.5 Å². The predicted octanol–water partition coefficient (Wildman–Crippen LogP) is 2.05. The van der Waals surface area contributed by atoms with Crippen LogP contribution in [0.4, 0.5) is 10.5 Å². The maximum Gasteiger partial charge on any atom is 0.323 e. The topological polar surface area (TPSA) is 78.4 Å². The van der Waals surface area contributed by atoms with Crippen LogP contribution in [0.25, 0.3) is 10.8 Å². The van der Waals surface area contributed by atoms with Gasteiger partial charge in [-0.2, -0.15) is 0 Å². The van der Waals surface area contributed by atoms with Crippen LogP contribution in [0, 0.1) is 0 Å². The Morgan fingerprint density at radius 2 is 1.78 bits per heavy atom. The van der Waals surface area contributed by atoms with Gasteiger partial charge in [-0.15, -0.1) is 0 Å². The van der Waals surface area contributed by atoms with Crippen LogP contribution in [0.1, 0.15) is 0 Å². The minimum atomic E-state index is -1.08. The van der Waals surface area contributed by atoms with Crippen LogP contribution in [0.5, 0.6) is 0 Å². The molecule has 0 radical (unpaired) electrons. The van der Waals surface area contributed by atoms with Gasteiger partial charge in [0.05, 0.1) is 5.69 Å². The van der Waals surface area contributed by atoms with Crippen molar-refractivity contribution in [3.8, 4) is 0 Å². The van der Waals surface area contributed by atoms with Gasteiger partial charge in [-0.25, -0.2) is 4.79 Å². The number of carbonyl (C=O) groups is 2. The van der Waals surface area contributed by atoms with E-state index in [9.17, 15) is 9.59 Å². The molecule has 5 nitrogen and oxygen atoms in total. The molecule has 2 amide bonds. The van der Waals surface area contributed by atoms with Crippen LogP contribution < -0.4 is 10.6 Å². The number of carboxylic acid groups (broad SMARTS) is 1. The lowest BCUT2D eigenvalue weighted by Crippen LogP contribution is -2.33. The fourth-order valence-corrected chi connectivity index (χ4v) is 1.66. The highest BCUT2D eigenvalue weighted by atomic mass is 16.4. The van der Waals surface area contributed by atoms with Crippen LogP contribution in [0.2, 0.25) is 0 Å². The molecule has 2 aromatic carbocycles. The third-order valence-electron chi connectivity index (χ3n) is 2.44. The molecule has 3 N–H and O–H groups in total. The molecular weight excluding hydrogens is 232 g/mol. The van der Waals surface area contributed by atoms with Gasteiger partial charge in [-0.05, 0) is 11.5 Å². The maximum atomic E-state index is 11.5. The number of carboxylic acids is 1. The molecular formula is C13H12N2O3. The molecule has 0 aliphatic carbocycles. The number of aliphatic carboxylic acids is 1. The monoisotopic (exact) mass is 244 g/mol.